The van der Waals surface area contributed by atoms with E-state index in [0.717, 1.165) is 5.56 Å². The molecule has 0 saturated heterocycles. The number of benzene rings is 1. The molecule has 0 radical (unpaired) electrons. The second kappa shape index (κ2) is 4.77. The van der Waals surface area contributed by atoms with Crippen LogP contribution >= 0.6 is 0 Å². The number of carbonyl (C=O) groups is 1. The first-order chi connectivity index (χ1) is 6.63. The minimum absolute atomic E-state index is 0.369. The molecule has 0 amide bonds. The van der Waals surface area contributed by atoms with E-state index in [2.05, 4.69) is 4.74 Å². The van der Waals surface area contributed by atoms with E-state index in [9.17, 15) is 4.79 Å². The highest BCUT2D eigenvalue weighted by Crippen LogP contribution is 2.06. The first-order valence-electron chi connectivity index (χ1n) is 4.52. The molecule has 1 rings (SSSR count). The Hall–Kier alpha value is -1.35. The second-order valence-electron chi connectivity index (χ2n) is 3.32. The summed E-state index contributed by atoms with van der Waals surface area (Å²) in [5, 5.41) is 0. The Bertz CT molecular complexity index is 323. The van der Waals surface area contributed by atoms with Gasteiger partial charge in [-0.2, -0.15) is 0 Å². The molecule has 2 N–H and O–H groups in total. The van der Waals surface area contributed by atoms with E-state index in [1.54, 1.807) is 0 Å². The van der Waals surface area contributed by atoms with Crippen molar-refractivity contribution >= 4 is 5.97 Å². The minimum atomic E-state index is -0.568. The van der Waals surface area contributed by atoms with Crippen LogP contribution in [0.25, 0.3) is 0 Å². The van der Waals surface area contributed by atoms with Crippen molar-refractivity contribution in [2.45, 2.75) is 19.4 Å². The Morgan fingerprint density at radius 3 is 2.86 bits per heavy atom. The minimum Gasteiger partial charge on any atom is -0.468 e. The van der Waals surface area contributed by atoms with E-state index in [1.165, 1.54) is 12.7 Å². The van der Waals surface area contributed by atoms with Gasteiger partial charge in [0.05, 0.1) is 7.11 Å². The molecule has 3 heteroatoms. The molecule has 0 aliphatic heterocycles. The molecular formula is C11H15NO2. The Morgan fingerprint density at radius 2 is 2.29 bits per heavy atom. The van der Waals surface area contributed by atoms with Gasteiger partial charge in [-0.1, -0.05) is 29.8 Å². The van der Waals surface area contributed by atoms with Crippen LogP contribution in [0.3, 0.4) is 0 Å². The maximum Gasteiger partial charge on any atom is 0.322 e. The first kappa shape index (κ1) is 10.7. The highest BCUT2D eigenvalue weighted by atomic mass is 16.5. The molecule has 0 saturated carbocycles. The highest BCUT2D eigenvalue weighted by Gasteiger charge is 2.13. The number of methoxy groups -OCH3 is 1. The van der Waals surface area contributed by atoms with Gasteiger partial charge in [-0.3, -0.25) is 4.79 Å². The van der Waals surface area contributed by atoms with E-state index in [-0.39, 0.29) is 5.97 Å². The van der Waals surface area contributed by atoms with Gasteiger partial charge in [-0.25, -0.2) is 0 Å². The lowest BCUT2D eigenvalue weighted by Gasteiger charge is -2.09. The van der Waals surface area contributed by atoms with Crippen LogP contribution in [0.2, 0.25) is 0 Å². The van der Waals surface area contributed by atoms with Gasteiger partial charge in [0.1, 0.15) is 6.04 Å². The van der Waals surface area contributed by atoms with Crippen molar-refractivity contribution in [3.05, 3.63) is 35.4 Å². The molecule has 0 aromatic heterocycles. The zero-order chi connectivity index (χ0) is 10.6. The molecule has 0 unspecified atom stereocenters. The number of carbonyl (C=O) groups excluding carboxylic acids is 1. The maximum atomic E-state index is 11.1. The summed E-state index contributed by atoms with van der Waals surface area (Å²) in [6, 6.07) is 7.36. The van der Waals surface area contributed by atoms with Gasteiger partial charge in [0.2, 0.25) is 0 Å². The smallest absolute Gasteiger partial charge is 0.322 e. The maximum absolute atomic E-state index is 11.1. The van der Waals surface area contributed by atoms with Crippen molar-refractivity contribution in [2.24, 2.45) is 5.73 Å². The van der Waals surface area contributed by atoms with Crippen LogP contribution in [-0.4, -0.2) is 19.1 Å². The van der Waals surface area contributed by atoms with Crippen molar-refractivity contribution < 1.29 is 9.53 Å². The van der Waals surface area contributed by atoms with E-state index in [0.29, 0.717) is 6.42 Å². The lowest BCUT2D eigenvalue weighted by Crippen LogP contribution is -2.33. The number of ether oxygens (including phenoxy) is 1. The molecule has 1 aromatic carbocycles. The third-order valence-electron chi connectivity index (χ3n) is 2.04. The van der Waals surface area contributed by atoms with Crippen molar-refractivity contribution in [2.75, 3.05) is 7.11 Å². The average Bonchev–Trinajstić information content (AvgIpc) is 2.16. The fourth-order valence-electron chi connectivity index (χ4n) is 1.33. The second-order valence-corrected chi connectivity index (χ2v) is 3.32. The summed E-state index contributed by atoms with van der Waals surface area (Å²) in [5.74, 6) is -0.369. The topological polar surface area (TPSA) is 52.3 Å². The largest absolute Gasteiger partial charge is 0.468 e. The van der Waals surface area contributed by atoms with Crippen molar-refractivity contribution in [1.82, 2.24) is 0 Å². The highest BCUT2D eigenvalue weighted by molar-refractivity contribution is 5.75. The molecule has 0 heterocycles. The van der Waals surface area contributed by atoms with E-state index >= 15 is 0 Å². The number of rotatable bonds is 3. The Balaban J connectivity index is 2.64. The zero-order valence-corrected chi connectivity index (χ0v) is 8.49. The Morgan fingerprint density at radius 1 is 1.57 bits per heavy atom. The third-order valence-corrected chi connectivity index (χ3v) is 2.04. The summed E-state index contributed by atoms with van der Waals surface area (Å²) in [6.07, 6.45) is 0.522. The molecular weight excluding hydrogens is 178 g/mol. The van der Waals surface area contributed by atoms with E-state index in [4.69, 9.17) is 5.73 Å². The van der Waals surface area contributed by atoms with Gasteiger partial charge in [-0.05, 0) is 18.9 Å². The summed E-state index contributed by atoms with van der Waals surface area (Å²) in [4.78, 5) is 11.1. The van der Waals surface area contributed by atoms with Crippen molar-refractivity contribution in [3.8, 4) is 0 Å². The summed E-state index contributed by atoms with van der Waals surface area (Å²) in [5.41, 5.74) is 7.86. The number of hydrogen-bond acceptors (Lipinski definition) is 3. The first-order valence-corrected chi connectivity index (χ1v) is 4.52. The van der Waals surface area contributed by atoms with Gasteiger partial charge in [-0.15, -0.1) is 0 Å². The number of hydrogen-bond donors (Lipinski definition) is 1. The summed E-state index contributed by atoms with van der Waals surface area (Å²) >= 11 is 0. The average molecular weight is 193 g/mol. The third kappa shape index (κ3) is 2.85. The fraction of sp³-hybridized carbons (Fsp3) is 0.364. The van der Waals surface area contributed by atoms with Crippen LogP contribution < -0.4 is 5.73 Å². The fourth-order valence-corrected chi connectivity index (χ4v) is 1.33. The predicted octanol–water partition coefficient (Wildman–Crippen LogP) is 1.04. The van der Waals surface area contributed by atoms with Crippen LogP contribution in [0.15, 0.2) is 24.3 Å². The molecule has 0 aliphatic carbocycles. The molecule has 1 aromatic rings. The summed E-state index contributed by atoms with van der Waals surface area (Å²) < 4.78 is 4.55. The monoisotopic (exact) mass is 193 g/mol. The molecule has 76 valence electrons. The van der Waals surface area contributed by atoms with Gasteiger partial charge in [0, 0.05) is 0 Å². The van der Waals surface area contributed by atoms with Crippen LogP contribution in [0, 0.1) is 6.92 Å². The van der Waals surface area contributed by atoms with Crippen molar-refractivity contribution in [1.29, 1.82) is 0 Å². The quantitative estimate of drug-likeness (QED) is 0.730. The Kier molecular flexibility index (Phi) is 3.65. The van der Waals surface area contributed by atoms with Gasteiger partial charge >= 0.3 is 5.97 Å². The van der Waals surface area contributed by atoms with Crippen molar-refractivity contribution in [3.63, 3.8) is 0 Å². The lowest BCUT2D eigenvalue weighted by atomic mass is 10.0. The number of esters is 1. The molecule has 0 fully saturated rings. The molecule has 0 spiro atoms. The standard InChI is InChI=1S/C11H15NO2/c1-8-4-3-5-9(6-8)7-10(12)11(13)14-2/h3-6,10H,7,12H2,1-2H3/t10-/m0/s1. The summed E-state index contributed by atoms with van der Waals surface area (Å²) in [7, 11) is 1.35. The lowest BCUT2D eigenvalue weighted by molar-refractivity contribution is -0.142. The van der Waals surface area contributed by atoms with Crippen LogP contribution in [-0.2, 0) is 16.0 Å². The van der Waals surface area contributed by atoms with Gasteiger partial charge < -0.3 is 10.5 Å². The number of aryl methyl sites for hydroxylation is 1. The molecule has 3 nitrogen and oxygen atoms in total. The Labute approximate surface area is 83.9 Å². The molecule has 0 bridgehead atoms. The SMILES string of the molecule is COC(=O)[C@@H](N)Cc1cccc(C)c1. The number of nitrogens with two attached hydrogens (primary N) is 1. The van der Waals surface area contributed by atoms with Crippen LogP contribution in [0.1, 0.15) is 11.1 Å². The zero-order valence-electron chi connectivity index (χ0n) is 8.49. The van der Waals surface area contributed by atoms with Crippen LogP contribution in [0.4, 0.5) is 0 Å². The van der Waals surface area contributed by atoms with Gasteiger partial charge in [0.25, 0.3) is 0 Å². The predicted molar refractivity (Wildman–Crippen MR) is 54.9 cm³/mol. The summed E-state index contributed by atoms with van der Waals surface area (Å²) in [6.45, 7) is 2.01. The molecule has 0 aliphatic rings. The van der Waals surface area contributed by atoms with Gasteiger partial charge in [0.15, 0.2) is 0 Å². The van der Waals surface area contributed by atoms with Crippen LogP contribution in [0.5, 0.6) is 0 Å². The molecule has 14 heavy (non-hydrogen) atoms. The van der Waals surface area contributed by atoms with E-state index < -0.39 is 6.04 Å². The molecule has 1 atom stereocenters. The normalized spacial score (nSPS) is 12.2. The van der Waals surface area contributed by atoms with E-state index in [1.807, 2.05) is 31.2 Å².